The van der Waals surface area contributed by atoms with Crippen LogP contribution in [0.2, 0.25) is 0 Å². The van der Waals surface area contributed by atoms with Crippen LogP contribution in [-0.2, 0) is 4.79 Å². The summed E-state index contributed by atoms with van der Waals surface area (Å²) < 4.78 is 0. The number of carbonyl (C=O) groups excluding carboxylic acids is 1. The summed E-state index contributed by atoms with van der Waals surface area (Å²) in [7, 11) is 0. The van der Waals surface area contributed by atoms with Crippen LogP contribution in [0.4, 0.5) is 0 Å². The fourth-order valence-corrected chi connectivity index (χ4v) is 1.16. The first-order valence-corrected chi connectivity index (χ1v) is 4.49. The smallest absolute Gasteiger partial charge is 0.152 e. The van der Waals surface area contributed by atoms with Crippen molar-refractivity contribution in [3.63, 3.8) is 0 Å². The maximum Gasteiger partial charge on any atom is 0.152 e. The Morgan fingerprint density at radius 3 is 2.43 bits per heavy atom. The Bertz CT molecular complexity index is 390. The van der Waals surface area contributed by atoms with Gasteiger partial charge in [0.05, 0.1) is 0 Å². The summed E-state index contributed by atoms with van der Waals surface area (Å²) in [5.74, 6) is 0.188. The van der Waals surface area contributed by atoms with Gasteiger partial charge < -0.3 is 5.11 Å². The van der Waals surface area contributed by atoms with Crippen LogP contribution >= 0.6 is 0 Å². The molecule has 0 saturated heterocycles. The van der Waals surface area contributed by atoms with Crippen molar-refractivity contribution in [2.75, 3.05) is 0 Å². The highest BCUT2D eigenvalue weighted by Crippen LogP contribution is 2.22. The van der Waals surface area contributed by atoms with E-state index in [0.29, 0.717) is 5.56 Å². The van der Waals surface area contributed by atoms with Gasteiger partial charge in [-0.3, -0.25) is 4.79 Å². The fourth-order valence-electron chi connectivity index (χ4n) is 1.16. The first-order valence-electron chi connectivity index (χ1n) is 4.49. The van der Waals surface area contributed by atoms with Crippen molar-refractivity contribution in [3.8, 4) is 5.75 Å². The molecule has 0 bridgehead atoms. The fraction of sp³-hybridized carbons (Fsp3) is 0.250. The predicted octanol–water partition coefficient (Wildman–Crippen LogP) is 2.61. The molecule has 0 aromatic heterocycles. The third-order valence-corrected chi connectivity index (χ3v) is 2.14. The molecular weight excluding hydrogens is 176 g/mol. The van der Waals surface area contributed by atoms with E-state index in [0.717, 1.165) is 11.1 Å². The lowest BCUT2D eigenvalue weighted by molar-refractivity contribution is -0.112. The summed E-state index contributed by atoms with van der Waals surface area (Å²) in [4.78, 5) is 10.7. The molecule has 14 heavy (non-hydrogen) atoms. The van der Waals surface area contributed by atoms with Gasteiger partial charge in [-0.25, -0.2) is 0 Å². The van der Waals surface area contributed by atoms with Crippen molar-refractivity contribution >= 4 is 11.9 Å². The molecule has 74 valence electrons. The van der Waals surface area contributed by atoms with Crippen molar-refractivity contribution in [2.45, 2.75) is 20.8 Å². The molecule has 0 atom stereocenters. The summed E-state index contributed by atoms with van der Waals surface area (Å²) in [5, 5.41) is 9.57. The standard InChI is InChI=1S/C12H14O2/c1-8-6-11(5-4-10(3)13)12(14)7-9(8)2/h4-7,14H,1-3H3/b5-4+. The minimum Gasteiger partial charge on any atom is -0.507 e. The maximum atomic E-state index is 10.7. The Hall–Kier alpha value is -1.57. The van der Waals surface area contributed by atoms with Gasteiger partial charge in [0.2, 0.25) is 0 Å². The molecule has 1 rings (SSSR count). The molecule has 1 aromatic rings. The number of phenolic OH excluding ortho intramolecular Hbond substituents is 1. The van der Waals surface area contributed by atoms with Crippen LogP contribution in [-0.4, -0.2) is 10.9 Å². The Kier molecular flexibility index (Phi) is 3.07. The van der Waals surface area contributed by atoms with Crippen LogP contribution < -0.4 is 0 Å². The van der Waals surface area contributed by atoms with E-state index in [9.17, 15) is 9.90 Å². The topological polar surface area (TPSA) is 37.3 Å². The van der Waals surface area contributed by atoms with Gasteiger partial charge in [-0.15, -0.1) is 0 Å². The largest absolute Gasteiger partial charge is 0.507 e. The van der Waals surface area contributed by atoms with Crippen molar-refractivity contribution in [1.82, 2.24) is 0 Å². The van der Waals surface area contributed by atoms with Crippen molar-refractivity contribution in [3.05, 3.63) is 34.9 Å². The van der Waals surface area contributed by atoms with E-state index in [1.54, 1.807) is 12.1 Å². The highest BCUT2D eigenvalue weighted by Gasteiger charge is 2.00. The molecule has 0 spiro atoms. The molecule has 2 nitrogen and oxygen atoms in total. The van der Waals surface area contributed by atoms with Gasteiger partial charge in [-0.2, -0.15) is 0 Å². The van der Waals surface area contributed by atoms with Crippen LogP contribution in [0.5, 0.6) is 5.75 Å². The van der Waals surface area contributed by atoms with Crippen molar-refractivity contribution in [2.24, 2.45) is 0 Å². The molecule has 0 amide bonds. The molecule has 2 heteroatoms. The number of aromatic hydroxyl groups is 1. The third-order valence-electron chi connectivity index (χ3n) is 2.14. The summed E-state index contributed by atoms with van der Waals surface area (Å²) in [6.07, 6.45) is 3.08. The second kappa shape index (κ2) is 4.09. The molecule has 0 heterocycles. The zero-order valence-electron chi connectivity index (χ0n) is 8.66. The monoisotopic (exact) mass is 190 g/mol. The Morgan fingerprint density at radius 2 is 1.86 bits per heavy atom. The molecule has 0 fully saturated rings. The lowest BCUT2D eigenvalue weighted by Crippen LogP contribution is -1.85. The van der Waals surface area contributed by atoms with E-state index >= 15 is 0 Å². The third kappa shape index (κ3) is 2.46. The zero-order chi connectivity index (χ0) is 10.7. The normalized spacial score (nSPS) is 10.8. The molecule has 1 aromatic carbocycles. The zero-order valence-corrected chi connectivity index (χ0v) is 8.66. The van der Waals surface area contributed by atoms with Crippen LogP contribution in [0.1, 0.15) is 23.6 Å². The number of benzene rings is 1. The Labute approximate surface area is 83.9 Å². The van der Waals surface area contributed by atoms with Crippen LogP contribution in [0.3, 0.4) is 0 Å². The van der Waals surface area contributed by atoms with Gasteiger partial charge in [-0.1, -0.05) is 0 Å². The minimum atomic E-state index is -0.0253. The predicted molar refractivity (Wildman–Crippen MR) is 57.3 cm³/mol. The number of phenols is 1. The molecule has 0 aliphatic heterocycles. The van der Waals surface area contributed by atoms with Gasteiger partial charge in [-0.05, 0) is 56.2 Å². The van der Waals surface area contributed by atoms with Crippen molar-refractivity contribution < 1.29 is 9.90 Å². The summed E-state index contributed by atoms with van der Waals surface area (Å²) in [6, 6.07) is 3.57. The maximum absolute atomic E-state index is 10.7. The van der Waals surface area contributed by atoms with Gasteiger partial charge >= 0.3 is 0 Å². The van der Waals surface area contributed by atoms with E-state index in [4.69, 9.17) is 0 Å². The van der Waals surface area contributed by atoms with E-state index < -0.39 is 0 Å². The van der Waals surface area contributed by atoms with Crippen molar-refractivity contribution in [1.29, 1.82) is 0 Å². The molecule has 0 radical (unpaired) electrons. The number of rotatable bonds is 2. The lowest BCUT2D eigenvalue weighted by Gasteiger charge is -2.04. The average molecular weight is 190 g/mol. The number of allylic oxidation sites excluding steroid dienone is 1. The lowest BCUT2D eigenvalue weighted by atomic mass is 10.0. The highest BCUT2D eigenvalue weighted by molar-refractivity contribution is 5.91. The first-order chi connectivity index (χ1) is 6.50. The number of ketones is 1. The minimum absolute atomic E-state index is 0.0253. The van der Waals surface area contributed by atoms with Crippen LogP contribution in [0, 0.1) is 13.8 Å². The van der Waals surface area contributed by atoms with Crippen LogP contribution in [0.15, 0.2) is 18.2 Å². The SMILES string of the molecule is CC(=O)/C=C/c1cc(C)c(C)cc1O. The molecule has 0 unspecified atom stereocenters. The van der Waals surface area contributed by atoms with Gasteiger partial charge in [0.15, 0.2) is 5.78 Å². The van der Waals surface area contributed by atoms with Gasteiger partial charge in [0.1, 0.15) is 5.75 Å². The van der Waals surface area contributed by atoms with E-state index in [-0.39, 0.29) is 11.5 Å². The summed E-state index contributed by atoms with van der Waals surface area (Å²) in [6.45, 7) is 5.39. The molecule has 0 aliphatic carbocycles. The second-order valence-corrected chi connectivity index (χ2v) is 3.44. The van der Waals surface area contributed by atoms with Crippen LogP contribution in [0.25, 0.3) is 6.08 Å². The van der Waals surface area contributed by atoms with Gasteiger partial charge in [0, 0.05) is 5.56 Å². The quantitative estimate of drug-likeness (QED) is 0.728. The molecule has 0 aliphatic rings. The Morgan fingerprint density at radius 1 is 1.29 bits per heavy atom. The number of hydrogen-bond donors (Lipinski definition) is 1. The highest BCUT2D eigenvalue weighted by atomic mass is 16.3. The molecule has 0 saturated carbocycles. The average Bonchev–Trinajstić information content (AvgIpc) is 2.09. The van der Waals surface area contributed by atoms with E-state index in [2.05, 4.69) is 0 Å². The first kappa shape index (κ1) is 10.5. The summed E-state index contributed by atoms with van der Waals surface area (Å²) in [5.41, 5.74) is 2.83. The van der Waals surface area contributed by atoms with E-state index in [1.165, 1.54) is 13.0 Å². The van der Waals surface area contributed by atoms with Gasteiger partial charge in [0.25, 0.3) is 0 Å². The molecule has 1 N–H and O–H groups in total. The Balaban J connectivity index is 3.10. The van der Waals surface area contributed by atoms with E-state index in [1.807, 2.05) is 19.9 Å². The second-order valence-electron chi connectivity index (χ2n) is 3.44. The number of carbonyl (C=O) groups is 1. The number of aryl methyl sites for hydroxylation is 2. The number of hydrogen-bond acceptors (Lipinski definition) is 2. The summed E-state index contributed by atoms with van der Waals surface area (Å²) >= 11 is 0. The molecular formula is C12H14O2.